The van der Waals surface area contributed by atoms with Gasteiger partial charge in [-0.25, -0.2) is 13.1 Å². The SMILES string of the molecule is CC(C)(C)c1nnnn1CN1CCN([C@@H]2CCS(=O)(=O)C2)CC1. The molecule has 0 aliphatic carbocycles. The van der Waals surface area contributed by atoms with E-state index in [1.165, 1.54) is 0 Å². The molecule has 1 aromatic rings. The van der Waals surface area contributed by atoms with E-state index in [-0.39, 0.29) is 11.5 Å². The van der Waals surface area contributed by atoms with Gasteiger partial charge >= 0.3 is 0 Å². The Balaban J connectivity index is 1.55. The van der Waals surface area contributed by atoms with E-state index in [4.69, 9.17) is 0 Å². The molecule has 9 heteroatoms. The molecule has 2 aliphatic heterocycles. The number of sulfone groups is 1. The van der Waals surface area contributed by atoms with Crippen molar-refractivity contribution in [1.82, 2.24) is 30.0 Å². The molecule has 0 amide bonds. The molecule has 1 aromatic heterocycles. The zero-order valence-corrected chi connectivity index (χ0v) is 15.0. The lowest BCUT2D eigenvalue weighted by molar-refractivity contribution is 0.0790. The summed E-state index contributed by atoms with van der Waals surface area (Å²) >= 11 is 0. The quantitative estimate of drug-likeness (QED) is 0.748. The molecule has 0 radical (unpaired) electrons. The maximum atomic E-state index is 11.6. The Labute approximate surface area is 137 Å². The van der Waals surface area contributed by atoms with Crippen molar-refractivity contribution in [2.24, 2.45) is 0 Å². The van der Waals surface area contributed by atoms with E-state index < -0.39 is 9.84 Å². The van der Waals surface area contributed by atoms with Gasteiger partial charge in [0, 0.05) is 37.6 Å². The van der Waals surface area contributed by atoms with Gasteiger partial charge in [-0.1, -0.05) is 20.8 Å². The highest BCUT2D eigenvalue weighted by Crippen LogP contribution is 2.21. The topological polar surface area (TPSA) is 84.2 Å². The summed E-state index contributed by atoms with van der Waals surface area (Å²) in [6, 6.07) is 0.209. The average Bonchev–Trinajstić information content (AvgIpc) is 3.05. The molecule has 23 heavy (non-hydrogen) atoms. The normalized spacial score (nSPS) is 26.7. The molecule has 0 aromatic carbocycles. The van der Waals surface area contributed by atoms with Crippen LogP contribution in [-0.2, 0) is 21.9 Å². The standard InChI is InChI=1S/C14H26N6O2S/c1-14(2,3)13-15-16-17-20(13)11-18-5-7-19(8-6-18)12-4-9-23(21,22)10-12/h12H,4-11H2,1-3H3/t12-/m1/s1. The van der Waals surface area contributed by atoms with Crippen LogP contribution in [-0.4, -0.2) is 82.2 Å². The Hall–Kier alpha value is -1.06. The van der Waals surface area contributed by atoms with E-state index >= 15 is 0 Å². The molecule has 0 spiro atoms. The van der Waals surface area contributed by atoms with Gasteiger partial charge in [0.1, 0.15) is 0 Å². The number of piperazine rings is 1. The summed E-state index contributed by atoms with van der Waals surface area (Å²) < 4.78 is 25.1. The molecule has 3 heterocycles. The van der Waals surface area contributed by atoms with Crippen LogP contribution in [0.1, 0.15) is 33.0 Å². The summed E-state index contributed by atoms with van der Waals surface area (Å²) in [7, 11) is -2.81. The molecule has 2 saturated heterocycles. The molecule has 3 rings (SSSR count). The first-order valence-electron chi connectivity index (χ1n) is 8.18. The van der Waals surface area contributed by atoms with Gasteiger partial charge in [0.05, 0.1) is 18.2 Å². The summed E-state index contributed by atoms with van der Waals surface area (Å²) in [5, 5.41) is 12.1. The van der Waals surface area contributed by atoms with Crippen molar-refractivity contribution in [3.05, 3.63) is 5.82 Å². The highest BCUT2D eigenvalue weighted by Gasteiger charge is 2.34. The largest absolute Gasteiger partial charge is 0.297 e. The fourth-order valence-electron chi connectivity index (χ4n) is 3.36. The Kier molecular flexibility index (Phi) is 4.45. The zero-order chi connectivity index (χ0) is 16.7. The van der Waals surface area contributed by atoms with E-state index in [0.29, 0.717) is 18.2 Å². The van der Waals surface area contributed by atoms with Crippen LogP contribution in [0.25, 0.3) is 0 Å². The van der Waals surface area contributed by atoms with Gasteiger partial charge in [0.2, 0.25) is 0 Å². The molecule has 2 fully saturated rings. The van der Waals surface area contributed by atoms with Crippen LogP contribution in [0, 0.1) is 0 Å². The lowest BCUT2D eigenvalue weighted by atomic mass is 9.96. The van der Waals surface area contributed by atoms with Crippen molar-refractivity contribution in [2.75, 3.05) is 37.7 Å². The Bertz CT molecular complexity index is 642. The first-order chi connectivity index (χ1) is 10.7. The maximum absolute atomic E-state index is 11.6. The smallest absolute Gasteiger partial charge is 0.158 e. The van der Waals surface area contributed by atoms with Gasteiger partial charge in [0.15, 0.2) is 15.7 Å². The van der Waals surface area contributed by atoms with Crippen LogP contribution < -0.4 is 0 Å². The van der Waals surface area contributed by atoms with E-state index in [1.54, 1.807) is 0 Å². The molecule has 0 saturated carbocycles. The van der Waals surface area contributed by atoms with E-state index in [0.717, 1.165) is 38.4 Å². The molecule has 130 valence electrons. The lowest BCUT2D eigenvalue weighted by Crippen LogP contribution is -2.51. The van der Waals surface area contributed by atoms with E-state index in [1.807, 2.05) is 4.68 Å². The molecule has 2 aliphatic rings. The first kappa shape index (κ1) is 16.8. The number of aromatic nitrogens is 4. The molecular formula is C14H26N6O2S. The van der Waals surface area contributed by atoms with E-state index in [9.17, 15) is 8.42 Å². The molecule has 8 nitrogen and oxygen atoms in total. The van der Waals surface area contributed by atoms with Gasteiger partial charge in [-0.2, -0.15) is 0 Å². The van der Waals surface area contributed by atoms with Gasteiger partial charge in [-0.15, -0.1) is 5.10 Å². The minimum Gasteiger partial charge on any atom is -0.297 e. The third-order valence-corrected chi connectivity index (χ3v) is 6.42. The van der Waals surface area contributed by atoms with Crippen molar-refractivity contribution in [2.45, 2.75) is 45.3 Å². The molecule has 1 atom stereocenters. The Morgan fingerprint density at radius 2 is 1.87 bits per heavy atom. The third-order valence-electron chi connectivity index (χ3n) is 4.67. The monoisotopic (exact) mass is 342 g/mol. The second kappa shape index (κ2) is 6.10. The van der Waals surface area contributed by atoms with Gasteiger partial charge in [-0.3, -0.25) is 9.80 Å². The predicted molar refractivity (Wildman–Crippen MR) is 86.7 cm³/mol. The summed E-state index contributed by atoms with van der Waals surface area (Å²) in [6.07, 6.45) is 0.781. The highest BCUT2D eigenvalue weighted by molar-refractivity contribution is 7.91. The van der Waals surface area contributed by atoms with Crippen LogP contribution in [0.5, 0.6) is 0 Å². The zero-order valence-electron chi connectivity index (χ0n) is 14.1. The lowest BCUT2D eigenvalue weighted by Gasteiger charge is -2.37. The van der Waals surface area contributed by atoms with Gasteiger partial charge in [-0.05, 0) is 16.8 Å². The van der Waals surface area contributed by atoms with Crippen molar-refractivity contribution in [3.63, 3.8) is 0 Å². The minimum absolute atomic E-state index is 0.0798. The van der Waals surface area contributed by atoms with Gasteiger partial charge in [0.25, 0.3) is 0 Å². The van der Waals surface area contributed by atoms with Crippen molar-refractivity contribution in [1.29, 1.82) is 0 Å². The number of tetrazole rings is 1. The van der Waals surface area contributed by atoms with Crippen molar-refractivity contribution < 1.29 is 8.42 Å². The maximum Gasteiger partial charge on any atom is 0.158 e. The van der Waals surface area contributed by atoms with Crippen LogP contribution in [0.4, 0.5) is 0 Å². The second-order valence-corrected chi connectivity index (χ2v) is 9.83. The minimum atomic E-state index is -2.81. The summed E-state index contributed by atoms with van der Waals surface area (Å²) in [6.45, 7) is 10.7. The summed E-state index contributed by atoms with van der Waals surface area (Å²) in [5.41, 5.74) is -0.0798. The fraction of sp³-hybridized carbons (Fsp3) is 0.929. The van der Waals surface area contributed by atoms with Crippen LogP contribution in [0.2, 0.25) is 0 Å². The van der Waals surface area contributed by atoms with Crippen LogP contribution in [0.15, 0.2) is 0 Å². The summed E-state index contributed by atoms with van der Waals surface area (Å²) in [5.74, 6) is 1.56. The molecular weight excluding hydrogens is 316 g/mol. The van der Waals surface area contributed by atoms with Gasteiger partial charge < -0.3 is 0 Å². The number of hydrogen-bond donors (Lipinski definition) is 0. The number of nitrogens with zero attached hydrogens (tertiary/aromatic N) is 6. The van der Waals surface area contributed by atoms with Crippen LogP contribution >= 0.6 is 0 Å². The Morgan fingerprint density at radius 1 is 1.17 bits per heavy atom. The molecule has 0 bridgehead atoms. The molecule has 0 unspecified atom stereocenters. The summed E-state index contributed by atoms with van der Waals surface area (Å²) in [4.78, 5) is 4.65. The average molecular weight is 342 g/mol. The number of hydrogen-bond acceptors (Lipinski definition) is 7. The highest BCUT2D eigenvalue weighted by atomic mass is 32.2. The fourth-order valence-corrected chi connectivity index (χ4v) is 5.12. The van der Waals surface area contributed by atoms with E-state index in [2.05, 4.69) is 46.1 Å². The Morgan fingerprint density at radius 3 is 2.43 bits per heavy atom. The second-order valence-electron chi connectivity index (χ2n) is 7.60. The van der Waals surface area contributed by atoms with Crippen molar-refractivity contribution >= 4 is 9.84 Å². The predicted octanol–water partition coefficient (Wildman–Crippen LogP) is -0.267. The van der Waals surface area contributed by atoms with Crippen LogP contribution in [0.3, 0.4) is 0 Å². The van der Waals surface area contributed by atoms with Crippen molar-refractivity contribution in [3.8, 4) is 0 Å². The molecule has 0 N–H and O–H groups in total. The number of rotatable bonds is 3. The third kappa shape index (κ3) is 3.89. The first-order valence-corrected chi connectivity index (χ1v) is 10.0.